The Labute approximate surface area is 56.9 Å². The quantitative estimate of drug-likeness (QED) is 0.352. The maximum atomic E-state index is 9.82. The number of carbonyl (C=O) groups is 1. The molecular weight excluding hydrogens is 144 g/mol. The van der Waals surface area contributed by atoms with Gasteiger partial charge in [-0.3, -0.25) is 0 Å². The first-order valence-electron chi connectivity index (χ1n) is 2.02. The van der Waals surface area contributed by atoms with Gasteiger partial charge in [-0.1, -0.05) is 18.2 Å². The van der Waals surface area contributed by atoms with Crippen LogP contribution in [0.15, 0.2) is 23.4 Å². The minimum Gasteiger partial charge on any atom is -0.502 e. The lowest BCUT2D eigenvalue weighted by molar-refractivity contribution is -0.135. The molecule has 0 aliphatic heterocycles. The van der Waals surface area contributed by atoms with Crippen molar-refractivity contribution >= 4 is 17.6 Å². The summed E-state index contributed by atoms with van der Waals surface area (Å²) in [5.41, 5.74) is 0. The summed E-state index contributed by atoms with van der Waals surface area (Å²) in [4.78, 5) is 9.82. The predicted octanol–water partition coefficient (Wildman–Crippen LogP) is 1.27. The van der Waals surface area contributed by atoms with Crippen molar-refractivity contribution in [1.82, 2.24) is 0 Å². The van der Waals surface area contributed by atoms with E-state index in [1.807, 2.05) is 0 Å². The molecule has 0 unspecified atom stereocenters. The molecule has 0 bridgehead atoms. The number of carboxylic acids is 1. The summed E-state index contributed by atoms with van der Waals surface area (Å²) >= 11 is 5.12. The fourth-order valence-corrected chi connectivity index (χ4v) is 0.313. The second-order valence-electron chi connectivity index (χ2n) is 1.28. The van der Waals surface area contributed by atoms with Crippen LogP contribution in [0.5, 0.6) is 0 Å². The zero-order valence-electron chi connectivity index (χ0n) is 4.47. The Kier molecular flexibility index (Phi) is 2.81. The van der Waals surface area contributed by atoms with E-state index in [4.69, 9.17) is 21.8 Å². The Bertz CT molecular complexity index is 171. The van der Waals surface area contributed by atoms with Crippen LogP contribution in [0.3, 0.4) is 0 Å². The zero-order chi connectivity index (χ0) is 7.44. The minimum absolute atomic E-state index is 0.0186. The molecule has 0 aliphatic rings. The third-order valence-corrected chi connectivity index (χ3v) is 0.622. The number of halogens is 1. The van der Waals surface area contributed by atoms with Crippen LogP contribution in [0.1, 0.15) is 0 Å². The van der Waals surface area contributed by atoms with Gasteiger partial charge in [0.15, 0.2) is 0 Å². The highest BCUT2D eigenvalue weighted by molar-refractivity contribution is 6.31. The summed E-state index contributed by atoms with van der Waals surface area (Å²) < 4.78 is 0. The SMILES string of the molecule is C=C(Cl)C=C(O)C(=O)O. The summed E-state index contributed by atoms with van der Waals surface area (Å²) in [6.07, 6.45) is 0.851. The topological polar surface area (TPSA) is 57.5 Å². The van der Waals surface area contributed by atoms with E-state index in [0.29, 0.717) is 0 Å². The molecule has 9 heavy (non-hydrogen) atoms. The molecule has 0 radical (unpaired) electrons. The lowest BCUT2D eigenvalue weighted by Gasteiger charge is -1.87. The van der Waals surface area contributed by atoms with Crippen LogP contribution >= 0.6 is 11.6 Å². The molecule has 0 atom stereocenters. The van der Waals surface area contributed by atoms with E-state index in [-0.39, 0.29) is 5.03 Å². The van der Waals surface area contributed by atoms with Crippen molar-refractivity contribution in [2.24, 2.45) is 0 Å². The first kappa shape index (κ1) is 8.04. The fourth-order valence-electron chi connectivity index (χ4n) is 0.210. The van der Waals surface area contributed by atoms with Crippen LogP contribution in [0.25, 0.3) is 0 Å². The third-order valence-electron chi connectivity index (χ3n) is 0.512. The molecule has 2 N–H and O–H groups in total. The number of rotatable bonds is 2. The first-order valence-corrected chi connectivity index (χ1v) is 2.40. The summed E-state index contributed by atoms with van der Waals surface area (Å²) in [5, 5.41) is 16.4. The van der Waals surface area contributed by atoms with Crippen molar-refractivity contribution in [3.8, 4) is 0 Å². The number of hydrogen-bond donors (Lipinski definition) is 2. The number of allylic oxidation sites excluding steroid dienone is 2. The molecule has 0 saturated carbocycles. The number of aliphatic hydroxyl groups excluding tert-OH is 1. The monoisotopic (exact) mass is 148 g/mol. The van der Waals surface area contributed by atoms with Crippen molar-refractivity contribution in [2.75, 3.05) is 0 Å². The molecule has 3 nitrogen and oxygen atoms in total. The van der Waals surface area contributed by atoms with E-state index in [2.05, 4.69) is 6.58 Å². The van der Waals surface area contributed by atoms with E-state index in [1.54, 1.807) is 0 Å². The number of hydrogen-bond acceptors (Lipinski definition) is 2. The van der Waals surface area contributed by atoms with Crippen LogP contribution in [-0.4, -0.2) is 16.2 Å². The number of carboxylic acid groups (broad SMARTS) is 1. The standard InChI is InChI=1S/C5H5ClO3/c1-3(6)2-4(7)5(8)9/h2,7H,1H2,(H,8,9). The van der Waals surface area contributed by atoms with Crippen LogP contribution in [-0.2, 0) is 4.79 Å². The van der Waals surface area contributed by atoms with Crippen LogP contribution < -0.4 is 0 Å². The van der Waals surface area contributed by atoms with Gasteiger partial charge in [0.25, 0.3) is 0 Å². The average Bonchev–Trinajstić information content (AvgIpc) is 1.63. The number of aliphatic hydroxyl groups is 1. The normalized spacial score (nSPS) is 11.0. The van der Waals surface area contributed by atoms with Crippen molar-refractivity contribution in [2.45, 2.75) is 0 Å². The summed E-state index contributed by atoms with van der Waals surface area (Å²) in [5.74, 6) is -2.23. The van der Waals surface area contributed by atoms with Gasteiger partial charge >= 0.3 is 5.97 Å². The molecule has 0 aromatic heterocycles. The molecule has 50 valence electrons. The first-order chi connectivity index (χ1) is 4.04. The Morgan fingerprint density at radius 1 is 1.56 bits per heavy atom. The smallest absolute Gasteiger partial charge is 0.370 e. The molecule has 0 aromatic carbocycles. The van der Waals surface area contributed by atoms with Crippen molar-refractivity contribution in [3.05, 3.63) is 23.4 Å². The molecule has 0 fully saturated rings. The van der Waals surface area contributed by atoms with Crippen LogP contribution in [0, 0.1) is 0 Å². The van der Waals surface area contributed by atoms with Gasteiger partial charge in [0.05, 0.1) is 0 Å². The average molecular weight is 149 g/mol. The Morgan fingerprint density at radius 2 is 2.00 bits per heavy atom. The van der Waals surface area contributed by atoms with E-state index in [9.17, 15) is 4.79 Å². The highest BCUT2D eigenvalue weighted by Gasteiger charge is 2.01. The second kappa shape index (κ2) is 3.14. The summed E-state index contributed by atoms with van der Waals surface area (Å²) in [6, 6.07) is 0. The highest BCUT2D eigenvalue weighted by atomic mass is 35.5. The van der Waals surface area contributed by atoms with Gasteiger partial charge in [0.2, 0.25) is 5.76 Å². The third kappa shape index (κ3) is 3.61. The van der Waals surface area contributed by atoms with E-state index in [1.165, 1.54) is 0 Å². The Hall–Kier alpha value is -0.960. The van der Waals surface area contributed by atoms with Crippen LogP contribution in [0.2, 0.25) is 0 Å². The van der Waals surface area contributed by atoms with Crippen molar-refractivity contribution in [1.29, 1.82) is 0 Å². The van der Waals surface area contributed by atoms with E-state index < -0.39 is 11.7 Å². The highest BCUT2D eigenvalue weighted by Crippen LogP contribution is 2.01. The van der Waals surface area contributed by atoms with Gasteiger partial charge in [0.1, 0.15) is 0 Å². The molecular formula is C5H5ClO3. The van der Waals surface area contributed by atoms with Crippen molar-refractivity contribution in [3.63, 3.8) is 0 Å². The van der Waals surface area contributed by atoms with Gasteiger partial charge in [0, 0.05) is 11.1 Å². The maximum absolute atomic E-state index is 9.82. The molecule has 0 aliphatic carbocycles. The predicted molar refractivity (Wildman–Crippen MR) is 33.3 cm³/mol. The second-order valence-corrected chi connectivity index (χ2v) is 1.77. The maximum Gasteiger partial charge on any atom is 0.370 e. The van der Waals surface area contributed by atoms with E-state index >= 15 is 0 Å². The lowest BCUT2D eigenvalue weighted by Crippen LogP contribution is -1.98. The molecule has 0 aromatic rings. The molecule has 0 saturated heterocycles. The van der Waals surface area contributed by atoms with Crippen molar-refractivity contribution < 1.29 is 15.0 Å². The molecule has 0 heterocycles. The molecule has 4 heteroatoms. The fraction of sp³-hybridized carbons (Fsp3) is 0. The minimum atomic E-state index is -1.42. The Balaban J connectivity index is 4.17. The van der Waals surface area contributed by atoms with E-state index in [0.717, 1.165) is 6.08 Å². The zero-order valence-corrected chi connectivity index (χ0v) is 5.22. The molecule has 0 amide bonds. The summed E-state index contributed by atoms with van der Waals surface area (Å²) in [7, 11) is 0. The lowest BCUT2D eigenvalue weighted by atomic mass is 10.4. The largest absolute Gasteiger partial charge is 0.502 e. The van der Waals surface area contributed by atoms with Gasteiger partial charge in [-0.15, -0.1) is 0 Å². The van der Waals surface area contributed by atoms with Gasteiger partial charge in [-0.2, -0.15) is 0 Å². The summed E-state index contributed by atoms with van der Waals surface area (Å²) in [6.45, 7) is 3.14. The Morgan fingerprint density at radius 3 is 2.11 bits per heavy atom. The molecule has 0 rings (SSSR count). The van der Waals surface area contributed by atoms with Gasteiger partial charge in [-0.05, 0) is 0 Å². The van der Waals surface area contributed by atoms with Crippen LogP contribution in [0.4, 0.5) is 0 Å². The number of aliphatic carboxylic acids is 1. The van der Waals surface area contributed by atoms with Gasteiger partial charge < -0.3 is 10.2 Å². The molecule has 0 spiro atoms. The van der Waals surface area contributed by atoms with Gasteiger partial charge in [-0.25, -0.2) is 4.79 Å².